The summed E-state index contributed by atoms with van der Waals surface area (Å²) in [5, 5.41) is 11.2. The van der Waals surface area contributed by atoms with Gasteiger partial charge < -0.3 is 14.8 Å². The van der Waals surface area contributed by atoms with Crippen molar-refractivity contribution in [3.8, 4) is 0 Å². The molecule has 0 bridgehead atoms. The van der Waals surface area contributed by atoms with Gasteiger partial charge in [-0.1, -0.05) is 0 Å². The highest BCUT2D eigenvalue weighted by Crippen LogP contribution is 2.14. The molecule has 0 saturated carbocycles. The van der Waals surface area contributed by atoms with Crippen LogP contribution < -0.4 is 10.2 Å². The summed E-state index contributed by atoms with van der Waals surface area (Å²) in [6.45, 7) is 9.01. The summed E-state index contributed by atoms with van der Waals surface area (Å²) in [5.74, 6) is 1.82. The van der Waals surface area contributed by atoms with E-state index < -0.39 is 0 Å². The number of hydrogen-bond donors (Lipinski definition) is 1. The quantitative estimate of drug-likeness (QED) is 0.831. The van der Waals surface area contributed by atoms with Crippen LogP contribution in [0.5, 0.6) is 0 Å². The molecule has 0 radical (unpaired) electrons. The minimum atomic E-state index is 0.173. The van der Waals surface area contributed by atoms with E-state index in [1.807, 2.05) is 30.2 Å². The molecule has 0 aliphatic rings. The van der Waals surface area contributed by atoms with Crippen molar-refractivity contribution in [1.29, 1.82) is 0 Å². The first kappa shape index (κ1) is 15.4. The molecule has 2 aromatic rings. The highest BCUT2D eigenvalue weighted by molar-refractivity contribution is 6.28. The average Bonchev–Trinajstić information content (AvgIpc) is 2.93. The Morgan fingerprint density at radius 1 is 1.19 bits per heavy atom. The number of aryl methyl sites for hydroxylation is 1. The summed E-state index contributed by atoms with van der Waals surface area (Å²) in [7, 11) is 0. The second-order valence-corrected chi connectivity index (χ2v) is 4.63. The first-order chi connectivity index (χ1) is 10.2. The summed E-state index contributed by atoms with van der Waals surface area (Å²) in [5.41, 5.74) is 0. The lowest BCUT2D eigenvalue weighted by molar-refractivity contribution is 0.705. The normalized spacial score (nSPS) is 10.7. The molecule has 0 aliphatic heterocycles. The van der Waals surface area contributed by atoms with Gasteiger partial charge in [0.2, 0.25) is 17.2 Å². The fourth-order valence-corrected chi connectivity index (χ4v) is 2.06. The minimum Gasteiger partial charge on any atom is -0.347 e. The van der Waals surface area contributed by atoms with Gasteiger partial charge in [0, 0.05) is 19.6 Å². The molecule has 0 unspecified atom stereocenters. The maximum atomic E-state index is 5.97. The Morgan fingerprint density at radius 3 is 2.62 bits per heavy atom. The van der Waals surface area contributed by atoms with Crippen molar-refractivity contribution in [3.63, 3.8) is 0 Å². The molecule has 0 fully saturated rings. The Kier molecular flexibility index (Phi) is 5.26. The van der Waals surface area contributed by atoms with Crippen molar-refractivity contribution in [1.82, 2.24) is 29.7 Å². The maximum absolute atomic E-state index is 5.97. The first-order valence-electron chi connectivity index (χ1n) is 6.94. The molecule has 0 atom stereocenters. The summed E-state index contributed by atoms with van der Waals surface area (Å²) >= 11 is 5.97. The Bertz CT molecular complexity index is 580. The van der Waals surface area contributed by atoms with E-state index in [1.165, 1.54) is 0 Å². The lowest BCUT2D eigenvalue weighted by atomic mass is 10.5. The number of aromatic nitrogens is 6. The summed E-state index contributed by atoms with van der Waals surface area (Å²) in [6.07, 6.45) is 1.69. The van der Waals surface area contributed by atoms with Crippen LogP contribution >= 0.6 is 11.6 Å². The number of halogens is 1. The van der Waals surface area contributed by atoms with E-state index >= 15 is 0 Å². The predicted molar refractivity (Wildman–Crippen MR) is 81.4 cm³/mol. The number of hydrogen-bond acceptors (Lipinski definition) is 7. The second kappa shape index (κ2) is 7.16. The molecule has 21 heavy (non-hydrogen) atoms. The van der Waals surface area contributed by atoms with Gasteiger partial charge in [-0.25, -0.2) is 0 Å². The maximum Gasteiger partial charge on any atom is 0.231 e. The van der Waals surface area contributed by atoms with E-state index in [1.54, 1.807) is 6.33 Å². The SMILES string of the molecule is CCN(CC)c1nc(Cl)nc(NCc2nncn2CC)n1. The van der Waals surface area contributed by atoms with E-state index in [-0.39, 0.29) is 5.28 Å². The molecule has 2 rings (SSSR count). The topological polar surface area (TPSA) is 84.7 Å². The second-order valence-electron chi connectivity index (χ2n) is 4.29. The van der Waals surface area contributed by atoms with Crippen LogP contribution in [-0.2, 0) is 13.1 Å². The third-order valence-corrected chi connectivity index (χ3v) is 3.25. The van der Waals surface area contributed by atoms with E-state index in [0.29, 0.717) is 18.4 Å². The standard InChI is InChI=1S/C12H19ClN8/c1-4-20(5-2)12-17-10(13)16-11(18-12)14-7-9-19-15-8-21(9)6-3/h8H,4-7H2,1-3H3,(H,14,16,17,18). The first-order valence-corrected chi connectivity index (χ1v) is 7.32. The largest absolute Gasteiger partial charge is 0.347 e. The zero-order valence-electron chi connectivity index (χ0n) is 12.4. The third kappa shape index (κ3) is 3.78. The van der Waals surface area contributed by atoms with Gasteiger partial charge in [-0.2, -0.15) is 15.0 Å². The molecule has 8 nitrogen and oxygen atoms in total. The van der Waals surface area contributed by atoms with E-state index in [4.69, 9.17) is 11.6 Å². The van der Waals surface area contributed by atoms with E-state index in [0.717, 1.165) is 25.5 Å². The van der Waals surface area contributed by atoms with Crippen LogP contribution in [0.2, 0.25) is 5.28 Å². The monoisotopic (exact) mass is 310 g/mol. The Labute approximate surface area is 128 Å². The van der Waals surface area contributed by atoms with E-state index in [2.05, 4.69) is 30.5 Å². The summed E-state index contributed by atoms with van der Waals surface area (Å²) < 4.78 is 1.95. The predicted octanol–water partition coefficient (Wildman–Crippen LogP) is 1.59. The molecule has 2 heterocycles. The zero-order chi connectivity index (χ0) is 15.2. The van der Waals surface area contributed by atoms with Crippen molar-refractivity contribution < 1.29 is 0 Å². The van der Waals surface area contributed by atoms with Crippen LogP contribution in [0.3, 0.4) is 0 Å². The Balaban J connectivity index is 2.13. The molecule has 0 aromatic carbocycles. The molecule has 1 N–H and O–H groups in total. The van der Waals surface area contributed by atoms with Gasteiger partial charge in [-0.05, 0) is 32.4 Å². The number of nitrogens with one attached hydrogen (secondary N) is 1. The van der Waals surface area contributed by atoms with Crippen molar-refractivity contribution in [3.05, 3.63) is 17.4 Å². The van der Waals surface area contributed by atoms with Crippen molar-refractivity contribution in [2.24, 2.45) is 0 Å². The van der Waals surface area contributed by atoms with Gasteiger partial charge in [0.15, 0.2) is 5.82 Å². The van der Waals surface area contributed by atoms with Gasteiger partial charge in [0.05, 0.1) is 6.54 Å². The van der Waals surface area contributed by atoms with Crippen molar-refractivity contribution >= 4 is 23.5 Å². The van der Waals surface area contributed by atoms with Gasteiger partial charge in [0.1, 0.15) is 6.33 Å². The average molecular weight is 311 g/mol. The van der Waals surface area contributed by atoms with Gasteiger partial charge in [-0.15, -0.1) is 10.2 Å². The lowest BCUT2D eigenvalue weighted by Gasteiger charge is -2.18. The highest BCUT2D eigenvalue weighted by atomic mass is 35.5. The summed E-state index contributed by atoms with van der Waals surface area (Å²) in [6, 6.07) is 0. The Morgan fingerprint density at radius 2 is 1.95 bits per heavy atom. The molecular weight excluding hydrogens is 292 g/mol. The number of rotatable bonds is 7. The Hall–Kier alpha value is -1.96. The summed E-state index contributed by atoms with van der Waals surface area (Å²) in [4.78, 5) is 14.6. The van der Waals surface area contributed by atoms with Crippen LogP contribution in [0, 0.1) is 0 Å². The smallest absolute Gasteiger partial charge is 0.231 e. The minimum absolute atomic E-state index is 0.173. The molecule has 0 aliphatic carbocycles. The van der Waals surface area contributed by atoms with Crippen molar-refractivity contribution in [2.45, 2.75) is 33.9 Å². The fourth-order valence-electron chi connectivity index (χ4n) is 1.90. The van der Waals surface area contributed by atoms with Crippen LogP contribution in [0.25, 0.3) is 0 Å². The molecular formula is C12H19ClN8. The molecule has 0 spiro atoms. The van der Waals surface area contributed by atoms with Crippen LogP contribution in [0.4, 0.5) is 11.9 Å². The molecule has 114 valence electrons. The lowest BCUT2D eigenvalue weighted by Crippen LogP contribution is -2.25. The van der Waals surface area contributed by atoms with Crippen LogP contribution in [0.1, 0.15) is 26.6 Å². The van der Waals surface area contributed by atoms with Gasteiger partial charge >= 0.3 is 0 Å². The number of nitrogens with zero attached hydrogens (tertiary/aromatic N) is 7. The molecule has 2 aromatic heterocycles. The van der Waals surface area contributed by atoms with Crippen molar-refractivity contribution in [2.75, 3.05) is 23.3 Å². The third-order valence-electron chi connectivity index (χ3n) is 3.08. The molecule has 9 heteroatoms. The highest BCUT2D eigenvalue weighted by Gasteiger charge is 2.11. The van der Waals surface area contributed by atoms with Gasteiger partial charge in [-0.3, -0.25) is 0 Å². The van der Waals surface area contributed by atoms with Gasteiger partial charge in [0.25, 0.3) is 0 Å². The molecule has 0 saturated heterocycles. The van der Waals surface area contributed by atoms with Crippen LogP contribution in [-0.4, -0.2) is 42.8 Å². The number of anilines is 2. The fraction of sp³-hybridized carbons (Fsp3) is 0.583. The molecule has 0 amide bonds. The van der Waals surface area contributed by atoms with E-state index in [9.17, 15) is 0 Å². The van der Waals surface area contributed by atoms with Crippen LogP contribution in [0.15, 0.2) is 6.33 Å². The zero-order valence-corrected chi connectivity index (χ0v) is 13.2.